The molecule has 0 amide bonds. The molecule has 1 aliphatic rings. The molecule has 0 bridgehead atoms. The number of aryl methyl sites for hydroxylation is 2. The SMILES string of the molecule is Cc1noc(C)c1COc1cccc(C(=O)OCC(=O)C=C2N(C)c3ccccc3C2(C)C)c1. The number of hydrogen-bond donors (Lipinski definition) is 0. The van der Waals surface area contributed by atoms with Crippen LogP contribution in [-0.4, -0.2) is 30.6 Å². The largest absolute Gasteiger partial charge is 0.489 e. The van der Waals surface area contributed by atoms with Crippen LogP contribution in [-0.2, 0) is 21.6 Å². The van der Waals surface area contributed by atoms with Gasteiger partial charge in [0.1, 0.15) is 18.1 Å². The average molecular weight is 461 g/mol. The summed E-state index contributed by atoms with van der Waals surface area (Å²) in [5, 5.41) is 3.91. The van der Waals surface area contributed by atoms with Crippen LogP contribution in [0.25, 0.3) is 0 Å². The molecule has 2 heterocycles. The Bertz CT molecular complexity index is 1250. The molecular weight excluding hydrogens is 432 g/mol. The number of rotatable bonds is 7. The number of carbonyl (C=O) groups excluding carboxylic acids is 2. The molecule has 0 radical (unpaired) electrons. The van der Waals surface area contributed by atoms with Gasteiger partial charge in [0, 0.05) is 29.9 Å². The fourth-order valence-electron chi connectivity index (χ4n) is 4.25. The quantitative estimate of drug-likeness (QED) is 0.366. The molecular formula is C27H28N2O5. The van der Waals surface area contributed by atoms with Gasteiger partial charge in [0.15, 0.2) is 12.4 Å². The summed E-state index contributed by atoms with van der Waals surface area (Å²) in [4.78, 5) is 27.2. The molecule has 2 aromatic carbocycles. The van der Waals surface area contributed by atoms with E-state index in [2.05, 4.69) is 25.1 Å². The highest BCUT2D eigenvalue weighted by atomic mass is 16.5. The first kappa shape index (κ1) is 23.3. The Labute approximate surface area is 199 Å². The molecule has 0 spiro atoms. The molecule has 0 saturated carbocycles. The van der Waals surface area contributed by atoms with E-state index in [9.17, 15) is 9.59 Å². The van der Waals surface area contributed by atoms with E-state index in [0.717, 1.165) is 28.2 Å². The van der Waals surface area contributed by atoms with Crippen LogP contribution in [0.3, 0.4) is 0 Å². The highest BCUT2D eigenvalue weighted by Crippen LogP contribution is 2.46. The van der Waals surface area contributed by atoms with Gasteiger partial charge in [-0.05, 0) is 43.7 Å². The third-order valence-corrected chi connectivity index (χ3v) is 6.22. The Hall–Kier alpha value is -3.87. The van der Waals surface area contributed by atoms with Gasteiger partial charge in [-0.3, -0.25) is 4.79 Å². The highest BCUT2D eigenvalue weighted by Gasteiger charge is 2.38. The van der Waals surface area contributed by atoms with Crippen LogP contribution in [0.5, 0.6) is 5.75 Å². The van der Waals surface area contributed by atoms with Crippen molar-refractivity contribution in [3.63, 3.8) is 0 Å². The summed E-state index contributed by atoms with van der Waals surface area (Å²) in [5.74, 6) is 0.341. The topological polar surface area (TPSA) is 81.9 Å². The van der Waals surface area contributed by atoms with Crippen molar-refractivity contribution in [2.45, 2.75) is 39.7 Å². The van der Waals surface area contributed by atoms with E-state index >= 15 is 0 Å². The van der Waals surface area contributed by atoms with Gasteiger partial charge in [-0.15, -0.1) is 0 Å². The van der Waals surface area contributed by atoms with Gasteiger partial charge in [-0.2, -0.15) is 0 Å². The molecule has 0 saturated heterocycles. The molecule has 176 valence electrons. The number of nitrogens with zero attached hydrogens (tertiary/aromatic N) is 2. The average Bonchev–Trinajstić information content (AvgIpc) is 3.24. The van der Waals surface area contributed by atoms with Crippen molar-refractivity contribution in [1.29, 1.82) is 0 Å². The molecule has 7 nitrogen and oxygen atoms in total. The Morgan fingerprint density at radius 1 is 1.12 bits per heavy atom. The van der Waals surface area contributed by atoms with Gasteiger partial charge in [-0.25, -0.2) is 4.79 Å². The van der Waals surface area contributed by atoms with Gasteiger partial charge in [0.05, 0.1) is 16.8 Å². The maximum Gasteiger partial charge on any atom is 0.338 e. The molecule has 0 unspecified atom stereocenters. The molecule has 1 aromatic heterocycles. The lowest BCUT2D eigenvalue weighted by molar-refractivity contribution is -0.117. The molecule has 0 fully saturated rings. The van der Waals surface area contributed by atoms with Crippen molar-refractivity contribution in [3.8, 4) is 5.75 Å². The minimum Gasteiger partial charge on any atom is -0.489 e. The number of para-hydroxylation sites is 1. The van der Waals surface area contributed by atoms with Crippen LogP contribution in [0.15, 0.2) is 64.8 Å². The van der Waals surface area contributed by atoms with Crippen molar-refractivity contribution < 1.29 is 23.6 Å². The number of fused-ring (bicyclic) bond motifs is 1. The number of ether oxygens (including phenoxy) is 2. The first-order valence-corrected chi connectivity index (χ1v) is 11.1. The number of ketones is 1. The zero-order valence-corrected chi connectivity index (χ0v) is 20.0. The third-order valence-electron chi connectivity index (χ3n) is 6.22. The van der Waals surface area contributed by atoms with Crippen molar-refractivity contribution in [2.75, 3.05) is 18.6 Å². The number of carbonyl (C=O) groups is 2. The zero-order valence-electron chi connectivity index (χ0n) is 20.0. The standard InChI is InChI=1S/C27H28N2O5/c1-17-22(18(2)34-28-17)16-32-21-10-8-9-19(13-21)26(31)33-15-20(30)14-25-27(3,4)23-11-6-7-12-24(23)29(25)5/h6-14H,15-16H2,1-5H3. The summed E-state index contributed by atoms with van der Waals surface area (Å²) in [6.07, 6.45) is 1.57. The van der Waals surface area contributed by atoms with Gasteiger partial charge in [0.25, 0.3) is 0 Å². The smallest absolute Gasteiger partial charge is 0.338 e. The fraction of sp³-hybridized carbons (Fsp3) is 0.296. The minimum atomic E-state index is -0.586. The van der Waals surface area contributed by atoms with Crippen LogP contribution >= 0.6 is 0 Å². The number of likely N-dealkylation sites (N-methyl/N-ethyl adjacent to an activating group) is 1. The zero-order chi connectivity index (χ0) is 24.5. The van der Waals surface area contributed by atoms with Crippen LogP contribution in [0.1, 0.15) is 46.8 Å². The normalized spacial score (nSPS) is 15.3. The maximum atomic E-state index is 12.7. The first-order valence-electron chi connectivity index (χ1n) is 11.1. The van der Waals surface area contributed by atoms with Crippen molar-refractivity contribution >= 4 is 17.4 Å². The predicted molar refractivity (Wildman–Crippen MR) is 128 cm³/mol. The lowest BCUT2D eigenvalue weighted by Crippen LogP contribution is -2.25. The van der Waals surface area contributed by atoms with Gasteiger partial charge in [-0.1, -0.05) is 43.3 Å². The van der Waals surface area contributed by atoms with Crippen molar-refractivity contribution in [2.24, 2.45) is 0 Å². The monoisotopic (exact) mass is 460 g/mol. The third kappa shape index (κ3) is 4.46. The number of esters is 1. The molecule has 0 atom stereocenters. The molecule has 0 N–H and O–H groups in total. The molecule has 1 aliphatic heterocycles. The Balaban J connectivity index is 1.38. The molecule has 3 aromatic rings. The molecule has 0 aliphatic carbocycles. The van der Waals surface area contributed by atoms with Crippen LogP contribution < -0.4 is 9.64 Å². The Kier molecular flexibility index (Phi) is 6.28. The Morgan fingerprint density at radius 3 is 2.59 bits per heavy atom. The summed E-state index contributed by atoms with van der Waals surface area (Å²) in [7, 11) is 1.94. The molecule has 7 heteroatoms. The van der Waals surface area contributed by atoms with Crippen LogP contribution in [0.4, 0.5) is 5.69 Å². The predicted octanol–water partition coefficient (Wildman–Crippen LogP) is 4.91. The fourth-order valence-corrected chi connectivity index (χ4v) is 4.25. The van der Waals surface area contributed by atoms with E-state index in [-0.39, 0.29) is 24.4 Å². The van der Waals surface area contributed by atoms with E-state index in [4.69, 9.17) is 14.0 Å². The summed E-state index contributed by atoms with van der Waals surface area (Å²) >= 11 is 0. The summed E-state index contributed by atoms with van der Waals surface area (Å²) < 4.78 is 16.2. The summed E-state index contributed by atoms with van der Waals surface area (Å²) in [5.41, 5.74) is 4.71. The highest BCUT2D eigenvalue weighted by molar-refractivity contribution is 5.96. The van der Waals surface area contributed by atoms with E-state index in [1.807, 2.05) is 44.0 Å². The van der Waals surface area contributed by atoms with Crippen LogP contribution in [0.2, 0.25) is 0 Å². The second kappa shape index (κ2) is 9.17. The van der Waals surface area contributed by atoms with Crippen molar-refractivity contribution in [3.05, 3.63) is 88.4 Å². The second-order valence-electron chi connectivity index (χ2n) is 8.89. The van der Waals surface area contributed by atoms with Crippen molar-refractivity contribution in [1.82, 2.24) is 5.16 Å². The summed E-state index contributed by atoms with van der Waals surface area (Å²) in [6, 6.07) is 14.7. The second-order valence-corrected chi connectivity index (χ2v) is 8.89. The minimum absolute atomic E-state index is 0.275. The number of anilines is 1. The first-order chi connectivity index (χ1) is 16.2. The molecule has 4 rings (SSSR count). The van der Waals surface area contributed by atoms with E-state index in [1.165, 1.54) is 0 Å². The van der Waals surface area contributed by atoms with Gasteiger partial charge < -0.3 is 18.9 Å². The Morgan fingerprint density at radius 2 is 1.88 bits per heavy atom. The summed E-state index contributed by atoms with van der Waals surface area (Å²) in [6.45, 7) is 7.76. The van der Waals surface area contributed by atoms with Gasteiger partial charge >= 0.3 is 5.97 Å². The van der Waals surface area contributed by atoms with Crippen LogP contribution in [0, 0.1) is 13.8 Å². The number of hydrogen-bond acceptors (Lipinski definition) is 7. The molecule has 34 heavy (non-hydrogen) atoms. The maximum absolute atomic E-state index is 12.7. The van der Waals surface area contributed by atoms with E-state index in [1.54, 1.807) is 30.3 Å². The van der Waals surface area contributed by atoms with E-state index < -0.39 is 5.97 Å². The number of benzene rings is 2. The lowest BCUT2D eigenvalue weighted by Gasteiger charge is -2.23. The van der Waals surface area contributed by atoms with Gasteiger partial charge in [0.2, 0.25) is 0 Å². The number of aromatic nitrogens is 1. The number of allylic oxidation sites excluding steroid dienone is 1. The van der Waals surface area contributed by atoms with E-state index in [0.29, 0.717) is 17.1 Å². The lowest BCUT2D eigenvalue weighted by atomic mass is 9.83.